The molecule has 0 aromatic heterocycles. The summed E-state index contributed by atoms with van der Waals surface area (Å²) in [6, 6.07) is 12.4. The molecule has 0 saturated heterocycles. The van der Waals surface area contributed by atoms with Crippen LogP contribution in [0.25, 0.3) is 0 Å². The summed E-state index contributed by atoms with van der Waals surface area (Å²) in [6.07, 6.45) is 0. The molecule has 0 unspecified atom stereocenters. The molecule has 0 aliphatic carbocycles. The molecule has 2 aromatic carbocycles. The highest BCUT2D eigenvalue weighted by Gasteiger charge is 2.02. The zero-order valence-corrected chi connectivity index (χ0v) is 11.1. The Bertz CT molecular complexity index is 511. The molecule has 0 fully saturated rings. The van der Waals surface area contributed by atoms with Crippen LogP contribution in [0.2, 0.25) is 10.0 Å². The number of hydrogen-bond donors (Lipinski definition) is 0. The second-order valence-electron chi connectivity index (χ2n) is 3.49. The second kappa shape index (κ2) is 5.76. The van der Waals surface area contributed by atoms with Crippen molar-refractivity contribution in [2.75, 3.05) is 0 Å². The predicted octanol–water partition coefficient (Wildman–Crippen LogP) is 5.42. The van der Waals surface area contributed by atoms with Gasteiger partial charge in [0.05, 0.1) is 5.02 Å². The van der Waals surface area contributed by atoms with E-state index in [1.807, 2.05) is 30.3 Å². The van der Waals surface area contributed by atoms with E-state index >= 15 is 0 Å². The summed E-state index contributed by atoms with van der Waals surface area (Å²) in [5.74, 6) is 0.330. The predicted molar refractivity (Wildman–Crippen MR) is 72.4 cm³/mol. The van der Waals surface area contributed by atoms with Crippen molar-refractivity contribution in [3.63, 3.8) is 0 Å². The van der Waals surface area contributed by atoms with Gasteiger partial charge in [0.25, 0.3) is 0 Å². The van der Waals surface area contributed by atoms with E-state index < -0.39 is 0 Å². The third kappa shape index (κ3) is 3.63. The Morgan fingerprint density at radius 3 is 2.35 bits per heavy atom. The van der Waals surface area contributed by atoms with Gasteiger partial charge in [0, 0.05) is 15.7 Å². The van der Waals surface area contributed by atoms with Gasteiger partial charge in [-0.25, -0.2) is 4.39 Å². The van der Waals surface area contributed by atoms with Gasteiger partial charge in [-0.3, -0.25) is 0 Å². The quantitative estimate of drug-likeness (QED) is 0.679. The molecule has 0 saturated carbocycles. The van der Waals surface area contributed by atoms with Gasteiger partial charge in [-0.05, 0) is 42.0 Å². The van der Waals surface area contributed by atoms with Crippen molar-refractivity contribution >= 4 is 35.0 Å². The monoisotopic (exact) mass is 286 g/mol. The van der Waals surface area contributed by atoms with E-state index in [-0.39, 0.29) is 10.8 Å². The van der Waals surface area contributed by atoms with E-state index in [4.69, 9.17) is 23.2 Å². The number of thioether (sulfide) groups is 1. The Labute approximate surface area is 114 Å². The lowest BCUT2D eigenvalue weighted by atomic mass is 10.2. The highest BCUT2D eigenvalue weighted by atomic mass is 35.5. The van der Waals surface area contributed by atoms with Crippen LogP contribution in [-0.2, 0) is 5.75 Å². The van der Waals surface area contributed by atoms with Gasteiger partial charge < -0.3 is 0 Å². The lowest BCUT2D eigenvalue weighted by Crippen LogP contribution is -1.84. The van der Waals surface area contributed by atoms with Gasteiger partial charge in [0.1, 0.15) is 5.82 Å². The Morgan fingerprint density at radius 2 is 1.71 bits per heavy atom. The summed E-state index contributed by atoms with van der Waals surface area (Å²) < 4.78 is 13.2. The minimum Gasteiger partial charge on any atom is -0.205 e. The van der Waals surface area contributed by atoms with Gasteiger partial charge in [-0.15, -0.1) is 11.8 Å². The summed E-state index contributed by atoms with van der Waals surface area (Å²) >= 11 is 13.0. The topological polar surface area (TPSA) is 0 Å². The average molecular weight is 287 g/mol. The molecular weight excluding hydrogens is 278 g/mol. The molecule has 2 rings (SSSR count). The summed E-state index contributed by atoms with van der Waals surface area (Å²) in [7, 11) is 0. The van der Waals surface area contributed by atoms with Gasteiger partial charge in [-0.2, -0.15) is 0 Å². The lowest BCUT2D eigenvalue weighted by Gasteiger charge is -2.03. The zero-order valence-electron chi connectivity index (χ0n) is 8.79. The fourth-order valence-corrected chi connectivity index (χ4v) is 2.41. The van der Waals surface area contributed by atoms with Crippen molar-refractivity contribution in [3.8, 4) is 0 Å². The lowest BCUT2D eigenvalue weighted by molar-refractivity contribution is 0.627. The number of halogens is 3. The molecule has 88 valence electrons. The fourth-order valence-electron chi connectivity index (χ4n) is 1.33. The average Bonchev–Trinajstić information content (AvgIpc) is 2.33. The standard InChI is InChI=1S/C13H9Cl2FS/c14-10-2-4-11(5-3-10)17-8-9-1-6-12(15)13(16)7-9/h1-7H,8H2. The summed E-state index contributed by atoms with van der Waals surface area (Å²) in [6.45, 7) is 0. The second-order valence-corrected chi connectivity index (χ2v) is 5.38. The van der Waals surface area contributed by atoms with Crippen LogP contribution < -0.4 is 0 Å². The number of hydrogen-bond acceptors (Lipinski definition) is 1. The molecule has 17 heavy (non-hydrogen) atoms. The van der Waals surface area contributed by atoms with Crippen LogP contribution in [0.3, 0.4) is 0 Å². The molecule has 0 nitrogen and oxygen atoms in total. The molecule has 0 spiro atoms. The highest BCUT2D eigenvalue weighted by Crippen LogP contribution is 2.25. The Hall–Kier alpha value is -0.700. The van der Waals surface area contributed by atoms with Crippen molar-refractivity contribution in [1.29, 1.82) is 0 Å². The van der Waals surface area contributed by atoms with Crippen LogP contribution in [0.4, 0.5) is 4.39 Å². The van der Waals surface area contributed by atoms with Crippen molar-refractivity contribution in [2.45, 2.75) is 10.6 Å². The molecular formula is C13H9Cl2FS. The third-order valence-corrected chi connectivity index (χ3v) is 3.84. The third-order valence-electron chi connectivity index (χ3n) is 2.20. The SMILES string of the molecule is Fc1cc(CSc2ccc(Cl)cc2)ccc1Cl. The van der Waals surface area contributed by atoms with Crippen LogP contribution in [0.5, 0.6) is 0 Å². The maximum atomic E-state index is 13.2. The van der Waals surface area contributed by atoms with Crippen molar-refractivity contribution in [1.82, 2.24) is 0 Å². The van der Waals surface area contributed by atoms with Crippen molar-refractivity contribution < 1.29 is 4.39 Å². The molecule has 0 atom stereocenters. The van der Waals surface area contributed by atoms with Gasteiger partial charge in [-0.1, -0.05) is 29.3 Å². The highest BCUT2D eigenvalue weighted by molar-refractivity contribution is 7.98. The Balaban J connectivity index is 2.02. The molecule has 0 radical (unpaired) electrons. The smallest absolute Gasteiger partial charge is 0.142 e. The first-order chi connectivity index (χ1) is 8.15. The van der Waals surface area contributed by atoms with Crippen LogP contribution in [0.1, 0.15) is 5.56 Å². The van der Waals surface area contributed by atoms with Crippen LogP contribution >= 0.6 is 35.0 Å². The molecule has 0 N–H and O–H groups in total. The molecule has 2 aromatic rings. The molecule has 4 heteroatoms. The normalized spacial score (nSPS) is 10.5. The fraction of sp³-hybridized carbons (Fsp3) is 0.0769. The Morgan fingerprint density at radius 1 is 1.00 bits per heavy atom. The molecule has 0 aliphatic heterocycles. The van der Waals surface area contributed by atoms with E-state index in [2.05, 4.69) is 0 Å². The minimum absolute atomic E-state index is 0.158. The molecule has 0 bridgehead atoms. The minimum atomic E-state index is -0.374. The maximum absolute atomic E-state index is 13.2. The van der Waals surface area contributed by atoms with Gasteiger partial charge in [0.15, 0.2) is 0 Å². The maximum Gasteiger partial charge on any atom is 0.142 e. The summed E-state index contributed by atoms with van der Waals surface area (Å²) in [5.41, 5.74) is 0.909. The van der Waals surface area contributed by atoms with E-state index in [1.54, 1.807) is 17.8 Å². The number of rotatable bonds is 3. The Kier molecular flexibility index (Phi) is 4.32. The van der Waals surface area contributed by atoms with E-state index in [0.717, 1.165) is 10.5 Å². The number of benzene rings is 2. The van der Waals surface area contributed by atoms with Crippen LogP contribution in [-0.4, -0.2) is 0 Å². The largest absolute Gasteiger partial charge is 0.205 e. The van der Waals surface area contributed by atoms with Gasteiger partial charge in [0.2, 0.25) is 0 Å². The van der Waals surface area contributed by atoms with Gasteiger partial charge >= 0.3 is 0 Å². The molecule has 0 amide bonds. The molecule has 0 heterocycles. The first-order valence-electron chi connectivity index (χ1n) is 4.97. The van der Waals surface area contributed by atoms with Crippen LogP contribution in [0, 0.1) is 5.82 Å². The van der Waals surface area contributed by atoms with E-state index in [0.29, 0.717) is 10.8 Å². The van der Waals surface area contributed by atoms with Crippen molar-refractivity contribution in [2.24, 2.45) is 0 Å². The summed E-state index contributed by atoms with van der Waals surface area (Å²) in [5, 5.41) is 0.872. The first kappa shape index (κ1) is 12.7. The van der Waals surface area contributed by atoms with E-state index in [9.17, 15) is 4.39 Å². The van der Waals surface area contributed by atoms with Crippen LogP contribution in [0.15, 0.2) is 47.4 Å². The molecule has 0 aliphatic rings. The summed E-state index contributed by atoms with van der Waals surface area (Å²) in [4.78, 5) is 1.10. The zero-order chi connectivity index (χ0) is 12.3. The van der Waals surface area contributed by atoms with E-state index in [1.165, 1.54) is 6.07 Å². The first-order valence-corrected chi connectivity index (χ1v) is 6.71. The van der Waals surface area contributed by atoms with Crippen molar-refractivity contribution in [3.05, 3.63) is 63.9 Å².